The lowest BCUT2D eigenvalue weighted by molar-refractivity contribution is 0.495. The van der Waals surface area contributed by atoms with Gasteiger partial charge in [0, 0.05) is 16.3 Å². The van der Waals surface area contributed by atoms with E-state index in [2.05, 4.69) is 49.2 Å². The van der Waals surface area contributed by atoms with Gasteiger partial charge in [-0.2, -0.15) is 11.8 Å². The highest BCUT2D eigenvalue weighted by atomic mass is 35.5. The summed E-state index contributed by atoms with van der Waals surface area (Å²) in [5, 5.41) is 5.13. The lowest BCUT2D eigenvalue weighted by atomic mass is 9.99. The Morgan fingerprint density at radius 1 is 1.44 bits per heavy atom. The third-order valence-corrected chi connectivity index (χ3v) is 5.55. The van der Waals surface area contributed by atoms with Crippen molar-refractivity contribution in [3.8, 4) is 0 Å². The normalized spacial score (nSPS) is 21.8. The monoisotopic (exact) mass is 283 g/mol. The molecule has 0 amide bonds. The van der Waals surface area contributed by atoms with Crippen molar-refractivity contribution >= 4 is 23.4 Å². The molecular formula is C15H22ClNS. The fraction of sp³-hybridized carbons (Fsp3) is 0.600. The molecule has 0 aliphatic carbocycles. The fourth-order valence-electron chi connectivity index (χ4n) is 2.56. The molecular weight excluding hydrogens is 262 g/mol. The van der Waals surface area contributed by atoms with Crippen LogP contribution in [0.25, 0.3) is 0 Å². The molecule has 0 saturated carbocycles. The average Bonchev–Trinajstić information content (AvgIpc) is 2.39. The van der Waals surface area contributed by atoms with E-state index in [-0.39, 0.29) is 0 Å². The average molecular weight is 284 g/mol. The molecule has 0 aromatic heterocycles. The SMILES string of the molecule is CNC(Cc1ccc(C)cc1Cl)C1CCCCS1. The first kappa shape index (κ1) is 14.2. The molecule has 1 nitrogen and oxygen atoms in total. The van der Waals surface area contributed by atoms with Gasteiger partial charge >= 0.3 is 0 Å². The van der Waals surface area contributed by atoms with E-state index in [0.29, 0.717) is 6.04 Å². The van der Waals surface area contributed by atoms with Gasteiger partial charge in [0.25, 0.3) is 0 Å². The molecule has 0 spiro atoms. The highest BCUT2D eigenvalue weighted by Crippen LogP contribution is 2.30. The van der Waals surface area contributed by atoms with Crippen molar-refractivity contribution in [1.82, 2.24) is 5.32 Å². The van der Waals surface area contributed by atoms with Gasteiger partial charge in [-0.3, -0.25) is 0 Å². The van der Waals surface area contributed by atoms with E-state index < -0.39 is 0 Å². The van der Waals surface area contributed by atoms with E-state index in [4.69, 9.17) is 11.6 Å². The standard InChI is InChI=1S/C15H22ClNS/c1-11-6-7-12(13(16)9-11)10-14(17-2)15-5-3-4-8-18-15/h6-7,9,14-15,17H,3-5,8,10H2,1-2H3. The predicted molar refractivity (Wildman–Crippen MR) is 82.8 cm³/mol. The zero-order valence-electron chi connectivity index (χ0n) is 11.2. The van der Waals surface area contributed by atoms with Gasteiger partial charge in [-0.1, -0.05) is 30.2 Å². The number of hydrogen-bond donors (Lipinski definition) is 1. The van der Waals surface area contributed by atoms with Crippen molar-refractivity contribution in [2.24, 2.45) is 0 Å². The van der Waals surface area contributed by atoms with Crippen molar-refractivity contribution in [3.63, 3.8) is 0 Å². The summed E-state index contributed by atoms with van der Waals surface area (Å²) in [6, 6.07) is 6.94. The Kier molecular flexibility index (Phi) is 5.40. The number of rotatable bonds is 4. The minimum absolute atomic E-state index is 0.538. The molecule has 1 aromatic rings. The smallest absolute Gasteiger partial charge is 0.0441 e. The minimum Gasteiger partial charge on any atom is -0.316 e. The Labute approximate surface area is 120 Å². The second-order valence-electron chi connectivity index (χ2n) is 5.10. The molecule has 3 heteroatoms. The number of likely N-dealkylation sites (N-methyl/N-ethyl adjacent to an activating group) is 1. The van der Waals surface area contributed by atoms with Crippen LogP contribution < -0.4 is 5.32 Å². The van der Waals surface area contributed by atoms with Crippen LogP contribution in [0.3, 0.4) is 0 Å². The number of benzene rings is 1. The topological polar surface area (TPSA) is 12.0 Å². The summed E-state index contributed by atoms with van der Waals surface area (Å²) >= 11 is 8.45. The Bertz CT molecular complexity index is 388. The molecule has 0 radical (unpaired) electrons. The zero-order chi connectivity index (χ0) is 13.0. The summed E-state index contributed by atoms with van der Waals surface area (Å²) in [4.78, 5) is 0. The van der Waals surface area contributed by atoms with Gasteiger partial charge in [0.05, 0.1) is 0 Å². The predicted octanol–water partition coefficient (Wildman–Crippen LogP) is 4.06. The third kappa shape index (κ3) is 3.66. The van der Waals surface area contributed by atoms with Crippen molar-refractivity contribution in [2.45, 2.75) is 43.9 Å². The number of halogens is 1. The maximum absolute atomic E-state index is 6.33. The van der Waals surface area contributed by atoms with E-state index in [1.54, 1.807) is 0 Å². The lowest BCUT2D eigenvalue weighted by Gasteiger charge is -2.30. The molecule has 2 rings (SSSR count). The van der Waals surface area contributed by atoms with Crippen molar-refractivity contribution in [2.75, 3.05) is 12.8 Å². The quantitative estimate of drug-likeness (QED) is 0.894. The summed E-state index contributed by atoms with van der Waals surface area (Å²) in [6.45, 7) is 2.09. The highest BCUT2D eigenvalue weighted by molar-refractivity contribution is 8.00. The van der Waals surface area contributed by atoms with Crippen LogP contribution in [0.15, 0.2) is 18.2 Å². The minimum atomic E-state index is 0.538. The van der Waals surface area contributed by atoms with Gasteiger partial charge in [0.2, 0.25) is 0 Å². The summed E-state index contributed by atoms with van der Waals surface area (Å²) in [7, 11) is 2.07. The molecule has 2 unspecified atom stereocenters. The molecule has 18 heavy (non-hydrogen) atoms. The van der Waals surface area contributed by atoms with Crippen LogP contribution in [0.4, 0.5) is 0 Å². The summed E-state index contributed by atoms with van der Waals surface area (Å²) in [5.74, 6) is 1.31. The molecule has 100 valence electrons. The molecule has 1 heterocycles. The van der Waals surface area contributed by atoms with Crippen LogP contribution in [0.1, 0.15) is 30.4 Å². The van der Waals surface area contributed by atoms with Gasteiger partial charge < -0.3 is 5.32 Å². The molecule has 0 bridgehead atoms. The summed E-state index contributed by atoms with van der Waals surface area (Å²) in [5.41, 5.74) is 2.50. The first-order valence-electron chi connectivity index (χ1n) is 6.74. The summed E-state index contributed by atoms with van der Waals surface area (Å²) in [6.07, 6.45) is 5.12. The Morgan fingerprint density at radius 3 is 2.89 bits per heavy atom. The number of hydrogen-bond acceptors (Lipinski definition) is 2. The molecule has 1 saturated heterocycles. The molecule has 1 aliphatic rings. The molecule has 1 aromatic carbocycles. The molecule has 1 N–H and O–H groups in total. The third-order valence-electron chi connectivity index (χ3n) is 3.68. The van der Waals surface area contributed by atoms with Crippen molar-refractivity contribution < 1.29 is 0 Å². The van der Waals surface area contributed by atoms with Crippen LogP contribution in [0, 0.1) is 6.92 Å². The van der Waals surface area contributed by atoms with Gasteiger partial charge in [0.1, 0.15) is 0 Å². The van der Waals surface area contributed by atoms with E-state index in [0.717, 1.165) is 16.7 Å². The van der Waals surface area contributed by atoms with Gasteiger partial charge in [-0.05, 0) is 56.2 Å². The fourth-order valence-corrected chi connectivity index (χ4v) is 4.34. The first-order chi connectivity index (χ1) is 8.70. The van der Waals surface area contributed by atoms with Crippen LogP contribution in [-0.4, -0.2) is 24.1 Å². The zero-order valence-corrected chi connectivity index (χ0v) is 12.8. The number of aryl methyl sites for hydroxylation is 1. The lowest BCUT2D eigenvalue weighted by Crippen LogP contribution is -2.39. The van der Waals surface area contributed by atoms with E-state index in [1.807, 2.05) is 0 Å². The first-order valence-corrected chi connectivity index (χ1v) is 8.17. The summed E-state index contributed by atoms with van der Waals surface area (Å²) < 4.78 is 0. The molecule has 1 aliphatic heterocycles. The number of thioether (sulfide) groups is 1. The van der Waals surface area contributed by atoms with E-state index in [1.165, 1.54) is 36.1 Å². The van der Waals surface area contributed by atoms with Crippen molar-refractivity contribution in [1.29, 1.82) is 0 Å². The maximum Gasteiger partial charge on any atom is 0.0441 e. The molecule has 2 atom stereocenters. The van der Waals surface area contributed by atoms with Gasteiger partial charge in [-0.15, -0.1) is 0 Å². The van der Waals surface area contributed by atoms with E-state index in [9.17, 15) is 0 Å². The molecule has 1 fully saturated rings. The van der Waals surface area contributed by atoms with Crippen LogP contribution in [0.5, 0.6) is 0 Å². The van der Waals surface area contributed by atoms with Crippen LogP contribution >= 0.6 is 23.4 Å². The van der Waals surface area contributed by atoms with Crippen molar-refractivity contribution in [3.05, 3.63) is 34.3 Å². The van der Waals surface area contributed by atoms with Gasteiger partial charge in [-0.25, -0.2) is 0 Å². The maximum atomic E-state index is 6.33. The van der Waals surface area contributed by atoms with Gasteiger partial charge in [0.15, 0.2) is 0 Å². The number of nitrogens with one attached hydrogen (secondary N) is 1. The van der Waals surface area contributed by atoms with E-state index >= 15 is 0 Å². The second-order valence-corrected chi connectivity index (χ2v) is 6.85. The Balaban J connectivity index is 2.04. The second kappa shape index (κ2) is 6.83. The largest absolute Gasteiger partial charge is 0.316 e. The Hall–Kier alpha value is -0.180. The van der Waals surface area contributed by atoms with Crippen LogP contribution in [0.2, 0.25) is 5.02 Å². The highest BCUT2D eigenvalue weighted by Gasteiger charge is 2.23. The Morgan fingerprint density at radius 2 is 2.28 bits per heavy atom. The van der Waals surface area contributed by atoms with Crippen LogP contribution in [-0.2, 0) is 6.42 Å².